The second-order valence-electron chi connectivity index (χ2n) is 6.35. The molecule has 3 aromatic heterocycles. The zero-order chi connectivity index (χ0) is 18.6. The first-order valence-corrected chi connectivity index (χ1v) is 8.78. The summed E-state index contributed by atoms with van der Waals surface area (Å²) in [5, 5.41) is 17.4. The lowest BCUT2D eigenvalue weighted by atomic mass is 10.1. The normalized spacial score (nSPS) is 11.0. The summed E-state index contributed by atoms with van der Waals surface area (Å²) in [6, 6.07) is 8.12. The summed E-state index contributed by atoms with van der Waals surface area (Å²) in [7, 11) is 1.90. The molecule has 0 aliphatic heterocycles. The van der Waals surface area contributed by atoms with Crippen LogP contribution >= 0.6 is 0 Å². The molecule has 0 atom stereocenters. The minimum absolute atomic E-state index is 0.158. The molecular formula is C20H20N6O. The van der Waals surface area contributed by atoms with Gasteiger partial charge in [-0.1, -0.05) is 18.2 Å². The van der Waals surface area contributed by atoms with E-state index in [0.29, 0.717) is 18.8 Å². The van der Waals surface area contributed by atoms with E-state index in [4.69, 9.17) is 5.11 Å². The average molecular weight is 360 g/mol. The van der Waals surface area contributed by atoms with Gasteiger partial charge in [-0.3, -0.25) is 9.36 Å². The van der Waals surface area contributed by atoms with Crippen LogP contribution in [0.25, 0.3) is 33.6 Å². The molecule has 4 rings (SSSR count). The Morgan fingerprint density at radius 3 is 2.33 bits per heavy atom. The SMILES string of the molecule is Cn1cc(-c2cccc(-c3ncc(-c4cnn(CCCO)c4)cn3)c2)cn1. The van der Waals surface area contributed by atoms with Crippen LogP contribution in [0.5, 0.6) is 0 Å². The topological polar surface area (TPSA) is 81.7 Å². The van der Waals surface area contributed by atoms with E-state index in [1.165, 1.54) is 0 Å². The van der Waals surface area contributed by atoms with E-state index in [1.807, 2.05) is 54.8 Å². The van der Waals surface area contributed by atoms with E-state index >= 15 is 0 Å². The molecule has 0 radical (unpaired) electrons. The largest absolute Gasteiger partial charge is 0.396 e. The Hall–Kier alpha value is -3.32. The van der Waals surface area contributed by atoms with Gasteiger partial charge in [0.05, 0.1) is 12.4 Å². The predicted octanol–water partition coefficient (Wildman–Crippen LogP) is 2.79. The van der Waals surface area contributed by atoms with Gasteiger partial charge >= 0.3 is 0 Å². The fraction of sp³-hybridized carbons (Fsp3) is 0.200. The van der Waals surface area contributed by atoms with Crippen molar-refractivity contribution in [1.29, 1.82) is 0 Å². The van der Waals surface area contributed by atoms with Crippen molar-refractivity contribution in [1.82, 2.24) is 29.5 Å². The minimum Gasteiger partial charge on any atom is -0.396 e. The molecule has 27 heavy (non-hydrogen) atoms. The molecular weight excluding hydrogens is 340 g/mol. The predicted molar refractivity (Wildman–Crippen MR) is 103 cm³/mol. The Labute approximate surface area is 157 Å². The van der Waals surface area contributed by atoms with Crippen LogP contribution in [-0.2, 0) is 13.6 Å². The maximum atomic E-state index is 8.92. The molecule has 0 saturated heterocycles. The van der Waals surface area contributed by atoms with Crippen LogP contribution in [0.4, 0.5) is 0 Å². The van der Waals surface area contributed by atoms with Gasteiger partial charge < -0.3 is 5.11 Å². The molecule has 7 heteroatoms. The minimum atomic E-state index is 0.158. The number of hydrogen-bond donors (Lipinski definition) is 1. The first-order valence-electron chi connectivity index (χ1n) is 8.78. The fourth-order valence-corrected chi connectivity index (χ4v) is 2.90. The lowest BCUT2D eigenvalue weighted by Gasteiger charge is -2.04. The number of rotatable bonds is 6. The number of benzene rings is 1. The number of nitrogens with zero attached hydrogens (tertiary/aromatic N) is 6. The van der Waals surface area contributed by atoms with Crippen LogP contribution in [0, 0.1) is 0 Å². The van der Waals surface area contributed by atoms with Crippen LogP contribution in [0.3, 0.4) is 0 Å². The van der Waals surface area contributed by atoms with Crippen molar-refractivity contribution in [3.05, 3.63) is 61.4 Å². The molecule has 1 N–H and O–H groups in total. The molecule has 0 amide bonds. The second-order valence-corrected chi connectivity index (χ2v) is 6.35. The van der Waals surface area contributed by atoms with Crippen molar-refractivity contribution in [3.63, 3.8) is 0 Å². The van der Waals surface area contributed by atoms with E-state index in [9.17, 15) is 0 Å². The van der Waals surface area contributed by atoms with Gasteiger partial charge in [0.25, 0.3) is 0 Å². The molecule has 7 nitrogen and oxygen atoms in total. The van der Waals surface area contributed by atoms with Gasteiger partial charge in [-0.15, -0.1) is 0 Å². The standard InChI is InChI=1S/C20H20N6O/c1-25-13-18(11-23-25)15-4-2-5-16(8-15)20-21-9-17(10-22-20)19-12-24-26(14-19)6-3-7-27/h2,4-5,8-14,27H,3,6-7H2,1H3. The Kier molecular flexibility index (Phi) is 4.76. The zero-order valence-electron chi connectivity index (χ0n) is 15.0. The fourth-order valence-electron chi connectivity index (χ4n) is 2.90. The van der Waals surface area contributed by atoms with E-state index in [2.05, 4.69) is 32.3 Å². The quantitative estimate of drug-likeness (QED) is 0.572. The van der Waals surface area contributed by atoms with Gasteiger partial charge in [0.15, 0.2) is 5.82 Å². The van der Waals surface area contributed by atoms with Gasteiger partial charge in [-0.25, -0.2) is 9.97 Å². The molecule has 0 aliphatic rings. The third-order valence-electron chi connectivity index (χ3n) is 4.32. The number of aliphatic hydroxyl groups excluding tert-OH is 1. The Bertz CT molecular complexity index is 1030. The molecule has 0 saturated carbocycles. The summed E-state index contributed by atoms with van der Waals surface area (Å²) in [6.45, 7) is 0.849. The van der Waals surface area contributed by atoms with Crippen molar-refractivity contribution < 1.29 is 5.11 Å². The third-order valence-corrected chi connectivity index (χ3v) is 4.32. The molecule has 3 heterocycles. The summed E-state index contributed by atoms with van der Waals surface area (Å²) in [5.41, 5.74) is 4.98. The molecule has 0 unspecified atom stereocenters. The molecule has 0 bridgehead atoms. The lowest BCUT2D eigenvalue weighted by molar-refractivity contribution is 0.277. The summed E-state index contributed by atoms with van der Waals surface area (Å²) in [5.74, 6) is 0.678. The molecule has 4 aromatic rings. The van der Waals surface area contributed by atoms with Gasteiger partial charge in [0.1, 0.15) is 0 Å². The first kappa shape index (κ1) is 17.1. The Morgan fingerprint density at radius 2 is 1.59 bits per heavy atom. The highest BCUT2D eigenvalue weighted by Gasteiger charge is 2.07. The number of aryl methyl sites for hydroxylation is 2. The summed E-state index contributed by atoms with van der Waals surface area (Å²) >= 11 is 0. The van der Waals surface area contributed by atoms with Crippen LogP contribution in [0.15, 0.2) is 61.4 Å². The van der Waals surface area contributed by atoms with Crippen molar-refractivity contribution in [2.75, 3.05) is 6.61 Å². The van der Waals surface area contributed by atoms with E-state index < -0.39 is 0 Å². The number of aromatic nitrogens is 6. The van der Waals surface area contributed by atoms with Crippen molar-refractivity contribution in [2.45, 2.75) is 13.0 Å². The lowest BCUT2D eigenvalue weighted by Crippen LogP contribution is -1.99. The van der Waals surface area contributed by atoms with Gasteiger partial charge in [-0.2, -0.15) is 10.2 Å². The smallest absolute Gasteiger partial charge is 0.159 e. The Balaban J connectivity index is 1.56. The van der Waals surface area contributed by atoms with E-state index in [0.717, 1.165) is 27.8 Å². The monoisotopic (exact) mass is 360 g/mol. The van der Waals surface area contributed by atoms with Crippen LogP contribution in [-0.4, -0.2) is 41.2 Å². The third kappa shape index (κ3) is 3.78. The molecule has 136 valence electrons. The zero-order valence-corrected chi connectivity index (χ0v) is 15.0. The van der Waals surface area contributed by atoms with Crippen molar-refractivity contribution >= 4 is 0 Å². The number of aliphatic hydroxyl groups is 1. The average Bonchev–Trinajstić information content (AvgIpc) is 3.36. The van der Waals surface area contributed by atoms with Crippen LogP contribution in [0.1, 0.15) is 6.42 Å². The second kappa shape index (κ2) is 7.51. The van der Waals surface area contributed by atoms with Crippen LogP contribution < -0.4 is 0 Å². The maximum absolute atomic E-state index is 8.92. The number of hydrogen-bond acceptors (Lipinski definition) is 5. The molecule has 0 aliphatic carbocycles. The van der Waals surface area contributed by atoms with Gasteiger partial charge in [0, 0.05) is 67.2 Å². The highest BCUT2D eigenvalue weighted by Crippen LogP contribution is 2.25. The summed E-state index contributed by atoms with van der Waals surface area (Å²) < 4.78 is 3.60. The summed E-state index contributed by atoms with van der Waals surface area (Å²) in [6.07, 6.45) is 11.9. The van der Waals surface area contributed by atoms with Crippen LogP contribution in [0.2, 0.25) is 0 Å². The first-order chi connectivity index (χ1) is 13.2. The maximum Gasteiger partial charge on any atom is 0.159 e. The highest BCUT2D eigenvalue weighted by molar-refractivity contribution is 5.70. The molecule has 0 fully saturated rings. The van der Waals surface area contributed by atoms with Crippen molar-refractivity contribution in [3.8, 4) is 33.6 Å². The molecule has 0 spiro atoms. The van der Waals surface area contributed by atoms with E-state index in [-0.39, 0.29) is 6.61 Å². The summed E-state index contributed by atoms with van der Waals surface area (Å²) in [4.78, 5) is 9.06. The molecule has 1 aromatic carbocycles. The Morgan fingerprint density at radius 1 is 0.852 bits per heavy atom. The van der Waals surface area contributed by atoms with Gasteiger partial charge in [-0.05, 0) is 18.1 Å². The van der Waals surface area contributed by atoms with Crippen molar-refractivity contribution in [2.24, 2.45) is 7.05 Å². The highest BCUT2D eigenvalue weighted by atomic mass is 16.3. The van der Waals surface area contributed by atoms with E-state index in [1.54, 1.807) is 10.9 Å². The van der Waals surface area contributed by atoms with Gasteiger partial charge in [0.2, 0.25) is 0 Å².